The van der Waals surface area contributed by atoms with Crippen molar-refractivity contribution in [3.05, 3.63) is 84.2 Å². The summed E-state index contributed by atoms with van der Waals surface area (Å²) in [5, 5.41) is 3.97. The summed E-state index contributed by atoms with van der Waals surface area (Å²) in [4.78, 5) is 6.18. The van der Waals surface area contributed by atoms with Crippen molar-refractivity contribution in [2.75, 3.05) is 11.9 Å². The van der Waals surface area contributed by atoms with Crippen molar-refractivity contribution in [3.63, 3.8) is 0 Å². The van der Waals surface area contributed by atoms with Crippen LogP contribution in [0.25, 0.3) is 0 Å². The zero-order valence-electron chi connectivity index (χ0n) is 15.3. The Labute approximate surface area is 164 Å². The van der Waals surface area contributed by atoms with Crippen molar-refractivity contribution >= 4 is 23.0 Å². The van der Waals surface area contributed by atoms with Gasteiger partial charge in [0.05, 0.1) is 6.33 Å². The Morgan fingerprint density at radius 1 is 1.15 bits per heavy atom. The second-order valence-electron chi connectivity index (χ2n) is 6.50. The molecule has 2 aromatic carbocycles. The number of halogens is 1. The number of nitrogens with one attached hydrogen (secondary N) is 1. The number of benzene rings is 2. The van der Waals surface area contributed by atoms with Crippen LogP contribution in [0.1, 0.15) is 17.5 Å². The van der Waals surface area contributed by atoms with Gasteiger partial charge in [-0.15, -0.1) is 0 Å². The van der Waals surface area contributed by atoms with Gasteiger partial charge in [-0.25, -0.2) is 9.37 Å². The molecule has 4 nitrogen and oxygen atoms in total. The van der Waals surface area contributed by atoms with Gasteiger partial charge in [-0.1, -0.05) is 29.8 Å². The molecular weight excluding hydrogens is 359 g/mol. The summed E-state index contributed by atoms with van der Waals surface area (Å²) in [6.45, 7) is 4.33. The molecular formula is C21H23FN4S. The average molecular weight is 383 g/mol. The predicted molar refractivity (Wildman–Crippen MR) is 111 cm³/mol. The second kappa shape index (κ2) is 9.28. The van der Waals surface area contributed by atoms with Gasteiger partial charge < -0.3 is 14.8 Å². The van der Waals surface area contributed by atoms with E-state index >= 15 is 0 Å². The normalized spacial score (nSPS) is 10.6. The summed E-state index contributed by atoms with van der Waals surface area (Å²) in [7, 11) is 0. The molecule has 3 aromatic rings. The molecule has 0 fully saturated rings. The fraction of sp³-hybridized carbons (Fsp3) is 0.238. The molecule has 1 heterocycles. The minimum atomic E-state index is -0.231. The van der Waals surface area contributed by atoms with Crippen LogP contribution in [-0.4, -0.2) is 26.1 Å². The van der Waals surface area contributed by atoms with Crippen LogP contribution in [0.15, 0.2) is 67.3 Å². The second-order valence-corrected chi connectivity index (χ2v) is 6.88. The summed E-state index contributed by atoms with van der Waals surface area (Å²) in [5.74, 6) is -0.231. The molecule has 0 saturated heterocycles. The van der Waals surface area contributed by atoms with E-state index in [0.717, 1.165) is 30.8 Å². The van der Waals surface area contributed by atoms with E-state index in [2.05, 4.69) is 22.1 Å². The number of rotatable bonds is 7. The van der Waals surface area contributed by atoms with Crippen LogP contribution in [0.4, 0.5) is 10.1 Å². The molecule has 140 valence electrons. The third-order valence-corrected chi connectivity index (χ3v) is 4.64. The van der Waals surface area contributed by atoms with E-state index in [0.29, 0.717) is 11.7 Å². The lowest BCUT2D eigenvalue weighted by atomic mass is 10.2. The monoisotopic (exact) mass is 382 g/mol. The number of hydrogen-bond donors (Lipinski definition) is 1. The van der Waals surface area contributed by atoms with Crippen LogP contribution in [0.5, 0.6) is 0 Å². The first kappa shape index (κ1) is 19.0. The summed E-state index contributed by atoms with van der Waals surface area (Å²) >= 11 is 5.65. The average Bonchev–Trinajstić information content (AvgIpc) is 3.18. The van der Waals surface area contributed by atoms with Crippen molar-refractivity contribution in [1.29, 1.82) is 0 Å². The smallest absolute Gasteiger partial charge is 0.173 e. The first-order valence-electron chi connectivity index (χ1n) is 8.93. The molecule has 0 aliphatic heterocycles. The van der Waals surface area contributed by atoms with Gasteiger partial charge in [0.1, 0.15) is 5.82 Å². The molecule has 6 heteroatoms. The SMILES string of the molecule is Cc1ccc(NC(=S)N(CCCn2ccnc2)Cc2ccc(F)cc2)cc1. The molecule has 0 atom stereocenters. The summed E-state index contributed by atoms with van der Waals surface area (Å²) in [6.07, 6.45) is 6.47. The van der Waals surface area contributed by atoms with Crippen LogP contribution in [0.2, 0.25) is 0 Å². The van der Waals surface area contributed by atoms with Gasteiger partial charge in [0.25, 0.3) is 0 Å². The highest BCUT2D eigenvalue weighted by Gasteiger charge is 2.11. The lowest BCUT2D eigenvalue weighted by Crippen LogP contribution is -2.35. The van der Waals surface area contributed by atoms with E-state index in [-0.39, 0.29) is 5.82 Å². The van der Waals surface area contributed by atoms with Gasteiger partial charge in [-0.3, -0.25) is 0 Å². The Kier molecular flexibility index (Phi) is 6.54. The number of thiocarbonyl (C=S) groups is 1. The van der Waals surface area contributed by atoms with E-state index < -0.39 is 0 Å². The van der Waals surface area contributed by atoms with Crippen molar-refractivity contribution in [3.8, 4) is 0 Å². The van der Waals surface area contributed by atoms with Crippen LogP contribution in [-0.2, 0) is 13.1 Å². The number of anilines is 1. The Morgan fingerprint density at radius 2 is 1.89 bits per heavy atom. The lowest BCUT2D eigenvalue weighted by Gasteiger charge is -2.26. The highest BCUT2D eigenvalue weighted by Crippen LogP contribution is 2.13. The Hall–Kier alpha value is -2.73. The molecule has 0 spiro atoms. The molecule has 0 amide bonds. The molecule has 0 radical (unpaired) electrons. The lowest BCUT2D eigenvalue weighted by molar-refractivity contribution is 0.395. The largest absolute Gasteiger partial charge is 0.345 e. The van der Waals surface area contributed by atoms with Gasteiger partial charge in [0, 0.05) is 37.7 Å². The van der Waals surface area contributed by atoms with E-state index in [4.69, 9.17) is 12.2 Å². The fourth-order valence-corrected chi connectivity index (χ4v) is 3.04. The number of aromatic nitrogens is 2. The predicted octanol–water partition coefficient (Wildman–Crippen LogP) is 4.62. The quantitative estimate of drug-likeness (QED) is 0.605. The minimum Gasteiger partial charge on any atom is -0.345 e. The van der Waals surface area contributed by atoms with Crippen LogP contribution in [0, 0.1) is 12.7 Å². The van der Waals surface area contributed by atoms with Gasteiger partial charge in [-0.05, 0) is 55.4 Å². The maximum Gasteiger partial charge on any atom is 0.173 e. The number of hydrogen-bond acceptors (Lipinski definition) is 2. The first-order chi connectivity index (χ1) is 13.1. The van der Waals surface area contributed by atoms with Gasteiger partial charge in [0.2, 0.25) is 0 Å². The molecule has 0 bridgehead atoms. The third kappa shape index (κ3) is 5.89. The van der Waals surface area contributed by atoms with Crippen molar-refractivity contribution in [2.24, 2.45) is 0 Å². The van der Waals surface area contributed by atoms with Crippen molar-refractivity contribution < 1.29 is 4.39 Å². The topological polar surface area (TPSA) is 33.1 Å². The molecule has 1 aromatic heterocycles. The van der Waals surface area contributed by atoms with Crippen LogP contribution in [0.3, 0.4) is 0 Å². The number of imidazole rings is 1. The third-order valence-electron chi connectivity index (χ3n) is 4.28. The van der Waals surface area contributed by atoms with E-state index in [1.54, 1.807) is 18.3 Å². The molecule has 0 aliphatic rings. The first-order valence-corrected chi connectivity index (χ1v) is 9.34. The highest BCUT2D eigenvalue weighted by molar-refractivity contribution is 7.80. The Bertz CT molecular complexity index is 845. The Balaban J connectivity index is 1.65. The van der Waals surface area contributed by atoms with E-state index in [9.17, 15) is 4.39 Å². The molecule has 0 saturated carbocycles. The molecule has 1 N–H and O–H groups in total. The highest BCUT2D eigenvalue weighted by atomic mass is 32.1. The molecule has 0 unspecified atom stereocenters. The maximum atomic E-state index is 13.2. The summed E-state index contributed by atoms with van der Waals surface area (Å²) in [6, 6.07) is 14.7. The van der Waals surface area contributed by atoms with Gasteiger partial charge >= 0.3 is 0 Å². The van der Waals surface area contributed by atoms with Crippen molar-refractivity contribution in [1.82, 2.24) is 14.5 Å². The number of nitrogens with zero attached hydrogens (tertiary/aromatic N) is 3. The molecule has 0 aliphatic carbocycles. The Morgan fingerprint density at radius 3 is 2.56 bits per heavy atom. The van der Waals surface area contributed by atoms with Gasteiger partial charge in [0.15, 0.2) is 5.11 Å². The molecule has 3 rings (SSSR count). The summed E-state index contributed by atoms with van der Waals surface area (Å²) in [5.41, 5.74) is 3.19. The van der Waals surface area contributed by atoms with E-state index in [1.807, 2.05) is 41.4 Å². The van der Waals surface area contributed by atoms with Crippen LogP contribution < -0.4 is 5.32 Å². The zero-order valence-corrected chi connectivity index (χ0v) is 16.1. The van der Waals surface area contributed by atoms with Gasteiger partial charge in [-0.2, -0.15) is 0 Å². The fourth-order valence-electron chi connectivity index (χ4n) is 2.77. The van der Waals surface area contributed by atoms with Crippen molar-refractivity contribution in [2.45, 2.75) is 26.4 Å². The standard InChI is InChI=1S/C21H23FN4S/c1-17-3-9-20(10-4-17)24-21(27)26(13-2-12-25-14-11-23-16-25)15-18-5-7-19(22)8-6-18/h3-11,14,16H,2,12-13,15H2,1H3,(H,24,27). The molecule has 27 heavy (non-hydrogen) atoms. The zero-order chi connectivity index (χ0) is 19.1. The minimum absolute atomic E-state index is 0.231. The summed E-state index contributed by atoms with van der Waals surface area (Å²) < 4.78 is 15.3. The number of aryl methyl sites for hydroxylation is 2. The van der Waals surface area contributed by atoms with E-state index in [1.165, 1.54) is 17.7 Å². The maximum absolute atomic E-state index is 13.2. The van der Waals surface area contributed by atoms with Crippen LogP contribution >= 0.6 is 12.2 Å².